The third kappa shape index (κ3) is 5.67. The molecule has 5 nitrogen and oxygen atoms in total. The molecule has 3 aromatic carbocycles. The zero-order chi connectivity index (χ0) is 18.6. The minimum Gasteiger partial charge on any atom is -1.00 e. The van der Waals surface area contributed by atoms with Gasteiger partial charge in [0.15, 0.2) is 0 Å². The predicted molar refractivity (Wildman–Crippen MR) is 105 cm³/mol. The van der Waals surface area contributed by atoms with E-state index in [1.165, 1.54) is 0 Å². The molecule has 0 fully saturated rings. The third-order valence-corrected chi connectivity index (χ3v) is 3.99. The zero-order valence-corrected chi connectivity index (χ0v) is 16.5. The second kappa shape index (κ2) is 8.84. The van der Waals surface area contributed by atoms with Crippen LogP contribution in [0.25, 0.3) is 10.8 Å². The van der Waals surface area contributed by atoms with Crippen molar-refractivity contribution >= 4 is 22.1 Å². The first-order valence-electron chi connectivity index (χ1n) is 8.58. The number of aromatic hydroxyl groups is 1. The van der Waals surface area contributed by atoms with E-state index in [1.807, 2.05) is 54.6 Å². The molecule has 0 atom stereocenters. The van der Waals surface area contributed by atoms with Crippen molar-refractivity contribution in [3.8, 4) is 11.5 Å². The van der Waals surface area contributed by atoms with Gasteiger partial charge >= 0.3 is 0 Å². The van der Waals surface area contributed by atoms with E-state index in [9.17, 15) is 5.11 Å². The van der Waals surface area contributed by atoms with Crippen LogP contribution in [-0.2, 0) is 0 Å². The number of azo groups is 1. The third-order valence-electron chi connectivity index (χ3n) is 3.99. The highest BCUT2D eigenvalue weighted by atomic mass is 35.5. The van der Waals surface area contributed by atoms with Crippen molar-refractivity contribution in [1.29, 1.82) is 0 Å². The van der Waals surface area contributed by atoms with Gasteiger partial charge in [-0.25, -0.2) is 0 Å². The van der Waals surface area contributed by atoms with Gasteiger partial charge in [-0.1, -0.05) is 36.4 Å². The number of nitrogens with zero attached hydrogens (tertiary/aromatic N) is 3. The Morgan fingerprint density at radius 3 is 2.48 bits per heavy atom. The number of halogens is 1. The van der Waals surface area contributed by atoms with Crippen LogP contribution in [0.4, 0.5) is 11.4 Å². The van der Waals surface area contributed by atoms with E-state index in [-0.39, 0.29) is 18.2 Å². The number of hydrogen-bond acceptors (Lipinski definition) is 4. The lowest BCUT2D eigenvalue weighted by Gasteiger charge is -2.23. The quantitative estimate of drug-likeness (QED) is 0.521. The maximum atomic E-state index is 10.2. The van der Waals surface area contributed by atoms with Crippen LogP contribution in [0, 0.1) is 0 Å². The van der Waals surface area contributed by atoms with Gasteiger partial charge in [0.05, 0.1) is 26.8 Å². The standard InChI is InChI=1S/C21H23N3O2.ClH/c1-24(2,3)13-14-26-18-9-6-8-17(15-18)22-23-21-19-10-5-4-7-16(19)11-12-20(21)25;/h4-12,15H,13-14H2,1-3H3;1H. The van der Waals surface area contributed by atoms with Crippen molar-refractivity contribution in [1.82, 2.24) is 0 Å². The number of quaternary nitrogens is 1. The fourth-order valence-corrected chi connectivity index (χ4v) is 2.53. The minimum absolute atomic E-state index is 0. The molecule has 3 rings (SSSR count). The molecule has 0 unspecified atom stereocenters. The number of phenolic OH excluding ortho intramolecular Hbond substituents is 1. The predicted octanol–water partition coefficient (Wildman–Crippen LogP) is 2.05. The van der Waals surface area contributed by atoms with Crippen molar-refractivity contribution in [2.24, 2.45) is 10.2 Å². The Morgan fingerprint density at radius 1 is 0.926 bits per heavy atom. The van der Waals surface area contributed by atoms with Crippen molar-refractivity contribution in [3.05, 3.63) is 60.7 Å². The average molecular weight is 386 g/mol. The van der Waals surface area contributed by atoms with Gasteiger partial charge < -0.3 is 26.7 Å². The smallest absolute Gasteiger partial charge is 0.143 e. The lowest BCUT2D eigenvalue weighted by atomic mass is 10.1. The van der Waals surface area contributed by atoms with Crippen molar-refractivity contribution in [2.75, 3.05) is 34.3 Å². The molecule has 0 aliphatic heterocycles. The minimum atomic E-state index is 0. The highest BCUT2D eigenvalue weighted by molar-refractivity contribution is 5.95. The molecular formula is C21H24ClN3O2. The molecule has 1 N–H and O–H groups in total. The van der Waals surface area contributed by atoms with Crippen LogP contribution >= 0.6 is 0 Å². The number of hydrogen-bond donors (Lipinski definition) is 1. The number of rotatable bonds is 6. The van der Waals surface area contributed by atoms with Crippen molar-refractivity contribution < 1.29 is 26.7 Å². The number of phenols is 1. The topological polar surface area (TPSA) is 54.2 Å². The Hall–Kier alpha value is -2.63. The highest BCUT2D eigenvalue weighted by Crippen LogP contribution is 2.36. The van der Waals surface area contributed by atoms with Crippen LogP contribution < -0.4 is 17.1 Å². The summed E-state index contributed by atoms with van der Waals surface area (Å²) in [7, 11) is 6.39. The summed E-state index contributed by atoms with van der Waals surface area (Å²) >= 11 is 0. The van der Waals surface area contributed by atoms with Crippen LogP contribution in [0.2, 0.25) is 0 Å². The molecule has 0 aliphatic rings. The Bertz CT molecular complexity index is 936. The normalized spacial score (nSPS) is 11.5. The summed E-state index contributed by atoms with van der Waals surface area (Å²) < 4.78 is 6.65. The molecule has 0 heterocycles. The Balaban J connectivity index is 0.00000261. The molecule has 0 radical (unpaired) electrons. The van der Waals surface area contributed by atoms with E-state index < -0.39 is 0 Å². The van der Waals surface area contributed by atoms with Crippen molar-refractivity contribution in [3.63, 3.8) is 0 Å². The Labute approximate surface area is 165 Å². The number of likely N-dealkylation sites (N-methyl/N-ethyl adjacent to an activating group) is 1. The molecular weight excluding hydrogens is 362 g/mol. The molecule has 0 spiro atoms. The number of fused-ring (bicyclic) bond motifs is 1. The van der Waals surface area contributed by atoms with E-state index in [2.05, 4.69) is 31.4 Å². The van der Waals surface area contributed by atoms with Crippen LogP contribution in [0.3, 0.4) is 0 Å². The summed E-state index contributed by atoms with van der Waals surface area (Å²) in [6, 6.07) is 18.8. The number of ether oxygens (including phenoxy) is 1. The van der Waals surface area contributed by atoms with Gasteiger partial charge in [0, 0.05) is 11.5 Å². The molecule has 27 heavy (non-hydrogen) atoms. The fourth-order valence-electron chi connectivity index (χ4n) is 2.53. The summed E-state index contributed by atoms with van der Waals surface area (Å²) in [5, 5.41) is 20.6. The summed E-state index contributed by atoms with van der Waals surface area (Å²) in [4.78, 5) is 0. The molecule has 3 aromatic rings. The van der Waals surface area contributed by atoms with Gasteiger partial charge in [0.25, 0.3) is 0 Å². The molecule has 0 bridgehead atoms. The fraction of sp³-hybridized carbons (Fsp3) is 0.238. The lowest BCUT2D eigenvalue weighted by Crippen LogP contribution is -3.00. The largest absolute Gasteiger partial charge is 1.00 e. The van der Waals surface area contributed by atoms with E-state index in [0.29, 0.717) is 18.0 Å². The van der Waals surface area contributed by atoms with Crippen LogP contribution in [0.1, 0.15) is 0 Å². The van der Waals surface area contributed by atoms with E-state index >= 15 is 0 Å². The Kier molecular flexibility index (Phi) is 6.77. The molecule has 6 heteroatoms. The molecule has 0 saturated heterocycles. The summed E-state index contributed by atoms with van der Waals surface area (Å²) in [6.45, 7) is 1.55. The van der Waals surface area contributed by atoms with Crippen LogP contribution in [0.5, 0.6) is 11.5 Å². The Morgan fingerprint density at radius 2 is 1.70 bits per heavy atom. The summed E-state index contributed by atoms with van der Waals surface area (Å²) in [5.74, 6) is 0.875. The monoisotopic (exact) mass is 385 g/mol. The SMILES string of the molecule is C[N+](C)(C)CCOc1cccc(N=Nc2c(O)ccc3ccccc23)c1.[Cl-]. The highest BCUT2D eigenvalue weighted by Gasteiger charge is 2.08. The molecule has 0 amide bonds. The van der Waals surface area contributed by atoms with E-state index in [1.54, 1.807) is 6.07 Å². The summed E-state index contributed by atoms with van der Waals surface area (Å²) in [6.07, 6.45) is 0. The van der Waals surface area contributed by atoms with Gasteiger partial charge in [-0.05, 0) is 23.6 Å². The second-order valence-corrected chi connectivity index (χ2v) is 7.21. The average Bonchev–Trinajstić information content (AvgIpc) is 2.60. The maximum Gasteiger partial charge on any atom is 0.143 e. The van der Waals surface area contributed by atoms with E-state index in [4.69, 9.17) is 4.74 Å². The van der Waals surface area contributed by atoms with E-state index in [0.717, 1.165) is 27.5 Å². The zero-order valence-electron chi connectivity index (χ0n) is 15.8. The van der Waals surface area contributed by atoms with Gasteiger partial charge in [-0.2, -0.15) is 5.11 Å². The lowest BCUT2D eigenvalue weighted by molar-refractivity contribution is -0.870. The van der Waals surface area contributed by atoms with Crippen molar-refractivity contribution in [2.45, 2.75) is 0 Å². The maximum absolute atomic E-state index is 10.2. The second-order valence-electron chi connectivity index (χ2n) is 7.21. The van der Waals surface area contributed by atoms with Gasteiger partial charge in [-0.15, -0.1) is 5.11 Å². The van der Waals surface area contributed by atoms with Crippen LogP contribution in [0.15, 0.2) is 70.9 Å². The summed E-state index contributed by atoms with van der Waals surface area (Å²) in [5.41, 5.74) is 1.15. The van der Waals surface area contributed by atoms with Gasteiger partial charge in [-0.3, -0.25) is 0 Å². The molecule has 0 aliphatic carbocycles. The molecule has 142 valence electrons. The molecule has 0 saturated carbocycles. The first-order chi connectivity index (χ1) is 12.4. The molecule has 0 aromatic heterocycles. The number of benzene rings is 3. The van der Waals surface area contributed by atoms with Crippen LogP contribution in [-0.4, -0.2) is 43.9 Å². The van der Waals surface area contributed by atoms with Gasteiger partial charge in [0.2, 0.25) is 0 Å². The van der Waals surface area contributed by atoms with Gasteiger partial charge in [0.1, 0.15) is 30.3 Å². The first kappa shape index (κ1) is 20.7. The first-order valence-corrected chi connectivity index (χ1v) is 8.58.